The molecule has 4 aromatic rings. The number of non-ortho nitro benzene ring substituents is 4. The summed E-state index contributed by atoms with van der Waals surface area (Å²) in [6.45, 7) is 2.61. The van der Waals surface area contributed by atoms with Crippen LogP contribution in [0.3, 0.4) is 0 Å². The second-order valence-electron chi connectivity index (χ2n) is 23.3. The van der Waals surface area contributed by atoms with Crippen LogP contribution >= 0.6 is 93.7 Å². The van der Waals surface area contributed by atoms with Gasteiger partial charge in [0.15, 0.2) is 0 Å². The van der Waals surface area contributed by atoms with E-state index >= 15 is 0 Å². The molecule has 0 bridgehead atoms. The fourth-order valence-corrected chi connectivity index (χ4v) is 12.8. The second-order valence-corrected chi connectivity index (χ2v) is 29.9. The lowest BCUT2D eigenvalue weighted by Gasteiger charge is -2.15. The number of carboxylic acids is 4. The Kier molecular flexibility index (Phi) is 67.3. The standard InChI is InChI=1S/2C15H10N2O8.C14H23NO6S2.C12H19NO6S2.2C4H9NO2S.2C3H7NO2S/c2*18-14(24-12-5-1-10(2-6-12)16(20)21)9-15(19)25-13-7-3-11(4-8-13)17(22)23;1-9(16)5-11(17)6-10(13(18)20-3)7-22-23-8-12(15-2)14(19)21-4;1-7(14)3-9(15)4-8(11(16)17)5-20-21-6-10(13-2)12(18)19;2*1-7-4(6)3(5)2-8;2*4-2(1-7)3(5)6/h2*1-8H,9H2;10,12,15H,5-8H2,1-4H3;8,10,13H,3-6H2,1-2H3,(H,16,17)(H,18,19);2*3,8H,2,5H2,1H3;2*2,7H,1,4H2,(H,5,6). The molecule has 0 aliphatic rings. The van der Waals surface area contributed by atoms with Crippen molar-refractivity contribution in [3.05, 3.63) is 138 Å². The van der Waals surface area contributed by atoms with Gasteiger partial charge in [0.1, 0.15) is 95.2 Å². The predicted molar refractivity (Wildman–Crippen MR) is 462 cm³/mol. The van der Waals surface area contributed by atoms with Crippen LogP contribution < -0.4 is 52.5 Å². The molecule has 8 atom stereocenters. The monoisotopic (exact) mass is 1910 g/mol. The van der Waals surface area contributed by atoms with E-state index in [0.717, 1.165) is 48.5 Å². The molecule has 0 spiro atoms. The summed E-state index contributed by atoms with van der Waals surface area (Å²) >= 11 is 14.9. The number of carboxylic acid groups (broad SMARTS) is 4. The van der Waals surface area contributed by atoms with Crippen LogP contribution in [-0.4, -0.2) is 260 Å². The molecule has 54 heteroatoms. The number of nitrogens with two attached hydrogens (primary N) is 4. The number of nitro benzene ring substituents is 4. The van der Waals surface area contributed by atoms with Gasteiger partial charge in [-0.1, -0.05) is 43.2 Å². The van der Waals surface area contributed by atoms with Crippen molar-refractivity contribution in [2.45, 2.75) is 88.6 Å². The molecule has 0 fully saturated rings. The molecule has 688 valence electrons. The molecule has 0 amide bonds. The Morgan fingerprint density at radius 3 is 0.790 bits per heavy atom. The molecule has 124 heavy (non-hydrogen) atoms. The van der Waals surface area contributed by atoms with Crippen molar-refractivity contribution in [1.82, 2.24) is 10.6 Å². The number of nitrogens with zero attached hydrogens (tertiary/aromatic N) is 4. The third kappa shape index (κ3) is 59.2. The summed E-state index contributed by atoms with van der Waals surface area (Å²) in [5, 5.41) is 81.4. The molecule has 4 rings (SSSR count). The molecular weight excluding hydrogens is 1810 g/mol. The molecule has 4 aromatic carbocycles. The van der Waals surface area contributed by atoms with Gasteiger partial charge >= 0.3 is 71.6 Å². The predicted octanol–water partition coefficient (Wildman–Crippen LogP) is 3.83. The van der Waals surface area contributed by atoms with Crippen LogP contribution in [0.25, 0.3) is 0 Å². The molecule has 0 radical (unpaired) electrons. The topological polar surface area (TPSA) is 729 Å². The first-order chi connectivity index (χ1) is 58.1. The second kappa shape index (κ2) is 69.7. The van der Waals surface area contributed by atoms with Crippen molar-refractivity contribution in [2.75, 3.05) is 88.6 Å². The highest BCUT2D eigenvalue weighted by molar-refractivity contribution is 8.77. The van der Waals surface area contributed by atoms with Crippen LogP contribution in [-0.2, 0) is 95.7 Å². The van der Waals surface area contributed by atoms with E-state index in [-0.39, 0.29) is 124 Å². The SMILES string of the molecule is CNC(CSSCC(CC(=O)CC(C)=O)C(=O)O)C(=O)O.CNC(CSSCC(CC(=O)CC(C)=O)C(=O)OC)C(=O)OC.COC(=O)C(N)CS.COC(=O)C(N)CS.NC(CS)C(=O)O.NC(CS)C(=O)O.O=C(CC(=O)Oc1ccc([N+](=O)[O-])cc1)Oc1ccc([N+](=O)[O-])cc1.O=C(CC(=O)Oc1ccc([N+](=O)[O-])cc1)Oc1ccc([N+](=O)[O-])cc1. The number of rotatable bonds is 44. The first-order valence-electron chi connectivity index (χ1n) is 34.5. The molecule has 0 aliphatic carbocycles. The quantitative estimate of drug-likeness (QED) is 0.00344. The number of ether oxygens (including phenoxy) is 8. The number of nitrogens with one attached hydrogen (secondary N) is 2. The summed E-state index contributed by atoms with van der Waals surface area (Å²) in [6.07, 6.45) is -2.02. The van der Waals surface area contributed by atoms with Gasteiger partial charge in [-0.3, -0.25) is 117 Å². The van der Waals surface area contributed by atoms with Crippen LogP contribution in [0.15, 0.2) is 97.1 Å². The van der Waals surface area contributed by atoms with E-state index in [2.05, 4.69) is 80.1 Å². The number of carbonyl (C=O) groups is 16. The summed E-state index contributed by atoms with van der Waals surface area (Å²) in [5.41, 5.74) is 19.6. The van der Waals surface area contributed by atoms with Gasteiger partial charge < -0.3 is 91.9 Å². The third-order valence-corrected chi connectivity index (χ3v) is 20.1. The van der Waals surface area contributed by atoms with Gasteiger partial charge in [0.2, 0.25) is 0 Å². The summed E-state index contributed by atoms with van der Waals surface area (Å²) in [6, 6.07) is 15.0. The molecule has 0 aliphatic heterocycles. The number of Topliss-reactive ketones (excluding diaryl/α,β-unsaturated/α-hetero) is 4. The average Bonchev–Trinajstić information content (AvgIpc) is 0.886. The van der Waals surface area contributed by atoms with Crippen LogP contribution in [0.4, 0.5) is 22.7 Å². The van der Waals surface area contributed by atoms with Gasteiger partial charge in [-0.2, -0.15) is 50.5 Å². The Labute approximate surface area is 744 Å². The van der Waals surface area contributed by atoms with E-state index in [1.54, 1.807) is 7.05 Å². The van der Waals surface area contributed by atoms with Gasteiger partial charge in [0, 0.05) is 107 Å². The molecular formula is C70H94N10O36S8. The van der Waals surface area contributed by atoms with Gasteiger partial charge in [-0.15, -0.1) is 0 Å². The summed E-state index contributed by atoms with van der Waals surface area (Å²) < 4.78 is 37.3. The van der Waals surface area contributed by atoms with Gasteiger partial charge in [-0.05, 0) is 76.5 Å². The minimum Gasteiger partial charge on any atom is -0.481 e. The Balaban J connectivity index is -0.000000696. The number of ketones is 4. The van der Waals surface area contributed by atoms with Crippen LogP contribution in [0, 0.1) is 52.3 Å². The zero-order chi connectivity index (χ0) is 95.9. The van der Waals surface area contributed by atoms with Gasteiger partial charge in [0.05, 0.1) is 72.8 Å². The maximum absolute atomic E-state index is 11.7. The lowest BCUT2D eigenvalue weighted by molar-refractivity contribution is -0.385. The lowest BCUT2D eigenvalue weighted by atomic mass is 10.0. The fraction of sp³-hybridized carbons (Fsp3) is 0.429. The smallest absolute Gasteiger partial charge is 0.323 e. The van der Waals surface area contributed by atoms with E-state index < -0.39 is 146 Å². The van der Waals surface area contributed by atoms with Crippen molar-refractivity contribution >= 4 is 211 Å². The zero-order valence-corrected chi connectivity index (χ0v) is 74.0. The minimum atomic E-state index is -1.09. The Bertz CT molecular complexity index is 3810. The third-order valence-electron chi connectivity index (χ3n) is 13.5. The highest BCUT2D eigenvalue weighted by atomic mass is 33.1. The van der Waals surface area contributed by atoms with E-state index in [0.29, 0.717) is 23.0 Å². The largest absolute Gasteiger partial charge is 0.481 e. The van der Waals surface area contributed by atoms with E-state index in [1.807, 2.05) is 0 Å². The number of methoxy groups -OCH3 is 4. The maximum atomic E-state index is 11.7. The van der Waals surface area contributed by atoms with Crippen molar-refractivity contribution in [2.24, 2.45) is 34.8 Å². The number of hydrogen-bond acceptors (Lipinski definition) is 46. The summed E-state index contributed by atoms with van der Waals surface area (Å²) in [7, 11) is 13.6. The normalized spacial score (nSPS) is 11.9. The van der Waals surface area contributed by atoms with Crippen LogP contribution in [0.1, 0.15) is 52.4 Å². The van der Waals surface area contributed by atoms with Crippen LogP contribution in [0.2, 0.25) is 0 Å². The number of likely N-dealkylation sites (N-methyl/N-ethyl adjacent to an activating group) is 2. The van der Waals surface area contributed by atoms with E-state index in [1.165, 1.54) is 141 Å². The summed E-state index contributed by atoms with van der Waals surface area (Å²) in [5.74, 6) is -9.59. The molecule has 0 saturated carbocycles. The first-order valence-corrected chi connectivity index (χ1v) is 42.0. The van der Waals surface area contributed by atoms with Gasteiger partial charge in [-0.25, -0.2) is 0 Å². The summed E-state index contributed by atoms with van der Waals surface area (Å²) in [4.78, 5) is 216. The lowest BCUT2D eigenvalue weighted by Crippen LogP contribution is -2.37. The number of esters is 8. The first kappa shape index (κ1) is 120. The number of nitro groups is 4. The molecule has 0 saturated heterocycles. The van der Waals surface area contributed by atoms with Crippen molar-refractivity contribution in [3.8, 4) is 23.0 Å². The van der Waals surface area contributed by atoms with Crippen molar-refractivity contribution in [3.63, 3.8) is 0 Å². The van der Waals surface area contributed by atoms with Crippen LogP contribution in [0.5, 0.6) is 23.0 Å². The molecule has 8 unspecified atom stereocenters. The Morgan fingerprint density at radius 2 is 0.597 bits per heavy atom. The number of hydrogen-bond donors (Lipinski definition) is 14. The maximum Gasteiger partial charge on any atom is 0.323 e. The average molecular weight is 1910 g/mol. The number of aliphatic carboxylic acids is 4. The van der Waals surface area contributed by atoms with Crippen molar-refractivity contribution in [1.29, 1.82) is 0 Å². The number of carbonyl (C=O) groups excluding carboxylic acids is 12. The van der Waals surface area contributed by atoms with Gasteiger partial charge in [0.25, 0.3) is 22.7 Å². The van der Waals surface area contributed by atoms with E-state index in [9.17, 15) is 117 Å². The molecule has 14 N–H and O–H groups in total. The number of thiol groups is 4. The Morgan fingerprint density at radius 1 is 0.355 bits per heavy atom. The minimum absolute atomic E-state index is 0.0216. The molecule has 0 heterocycles. The van der Waals surface area contributed by atoms with Crippen molar-refractivity contribution < 1.29 is 155 Å². The highest BCUT2D eigenvalue weighted by Crippen LogP contribution is 2.29. The van der Waals surface area contributed by atoms with E-state index in [4.69, 9.17) is 62.3 Å². The zero-order valence-electron chi connectivity index (χ0n) is 67.1. The number of benzene rings is 4. The Hall–Kier alpha value is -10.6. The molecule has 46 nitrogen and oxygen atoms in total. The molecule has 0 aromatic heterocycles. The fourth-order valence-electron chi connectivity index (χ4n) is 7.08. The highest BCUT2D eigenvalue weighted by Gasteiger charge is 2.27.